The first kappa shape index (κ1) is 13.3. The fourth-order valence-corrected chi connectivity index (χ4v) is 1.34. The number of benzene rings is 1. The molecule has 17 heavy (non-hydrogen) atoms. The van der Waals surface area contributed by atoms with Crippen molar-refractivity contribution in [3.8, 4) is 5.75 Å². The molecule has 0 bridgehead atoms. The van der Waals surface area contributed by atoms with Crippen molar-refractivity contribution in [1.82, 2.24) is 0 Å². The number of carbonyl (C=O) groups is 1. The molecule has 0 fully saturated rings. The Morgan fingerprint density at radius 3 is 2.59 bits per heavy atom. The lowest BCUT2D eigenvalue weighted by molar-refractivity contribution is -0.137. The van der Waals surface area contributed by atoms with Crippen molar-refractivity contribution in [2.45, 2.75) is 18.9 Å². The smallest absolute Gasteiger partial charge is 0.303 e. The standard InChI is InChI=1S/C12H17NO4/c1-17-11-5-2-9(3-6-11)13-8-10(14)4-7-12(15)16/h2-3,5-6,10,13-14H,4,7-8H2,1H3,(H,15,16). The number of carboxylic acid groups (broad SMARTS) is 1. The first-order valence-electron chi connectivity index (χ1n) is 5.39. The summed E-state index contributed by atoms with van der Waals surface area (Å²) in [5.74, 6) is -0.129. The Labute approximate surface area is 100 Å². The number of rotatable bonds is 7. The average Bonchev–Trinajstić information content (AvgIpc) is 2.34. The second kappa shape index (κ2) is 6.75. The molecule has 0 spiro atoms. The molecule has 1 aromatic carbocycles. The minimum absolute atomic E-state index is 0.0224. The summed E-state index contributed by atoms with van der Waals surface area (Å²) in [7, 11) is 1.60. The number of methoxy groups -OCH3 is 1. The Bertz CT molecular complexity index is 350. The fourth-order valence-electron chi connectivity index (χ4n) is 1.34. The third-order valence-electron chi connectivity index (χ3n) is 2.32. The van der Waals surface area contributed by atoms with Crippen LogP contribution in [-0.2, 0) is 4.79 Å². The van der Waals surface area contributed by atoms with E-state index in [0.717, 1.165) is 11.4 Å². The minimum Gasteiger partial charge on any atom is -0.497 e. The summed E-state index contributed by atoms with van der Waals surface area (Å²) in [6.07, 6.45) is -0.433. The summed E-state index contributed by atoms with van der Waals surface area (Å²) < 4.78 is 5.02. The summed E-state index contributed by atoms with van der Waals surface area (Å²) in [5.41, 5.74) is 0.861. The summed E-state index contributed by atoms with van der Waals surface area (Å²) in [4.78, 5) is 10.3. The van der Waals surface area contributed by atoms with Crippen LogP contribution in [-0.4, -0.2) is 35.9 Å². The van der Waals surface area contributed by atoms with Crippen LogP contribution in [0.2, 0.25) is 0 Å². The number of hydrogen-bond acceptors (Lipinski definition) is 4. The van der Waals surface area contributed by atoms with Crippen molar-refractivity contribution in [2.24, 2.45) is 0 Å². The highest BCUT2D eigenvalue weighted by atomic mass is 16.5. The quantitative estimate of drug-likeness (QED) is 0.669. The molecule has 5 nitrogen and oxygen atoms in total. The third-order valence-corrected chi connectivity index (χ3v) is 2.32. The van der Waals surface area contributed by atoms with Crippen molar-refractivity contribution in [1.29, 1.82) is 0 Å². The lowest BCUT2D eigenvalue weighted by Gasteiger charge is -2.12. The molecule has 0 aromatic heterocycles. The van der Waals surface area contributed by atoms with E-state index in [1.807, 2.05) is 24.3 Å². The van der Waals surface area contributed by atoms with Gasteiger partial charge in [-0.25, -0.2) is 0 Å². The van der Waals surface area contributed by atoms with Gasteiger partial charge in [0.1, 0.15) is 5.75 Å². The van der Waals surface area contributed by atoms with Crippen LogP contribution in [0, 0.1) is 0 Å². The highest BCUT2D eigenvalue weighted by molar-refractivity contribution is 5.66. The van der Waals surface area contributed by atoms with Crippen LogP contribution in [0.25, 0.3) is 0 Å². The van der Waals surface area contributed by atoms with Gasteiger partial charge in [-0.05, 0) is 30.7 Å². The largest absolute Gasteiger partial charge is 0.497 e. The zero-order chi connectivity index (χ0) is 12.7. The third kappa shape index (κ3) is 5.21. The Balaban J connectivity index is 2.31. The van der Waals surface area contributed by atoms with Crippen molar-refractivity contribution in [3.05, 3.63) is 24.3 Å². The second-order valence-electron chi connectivity index (χ2n) is 3.70. The molecule has 5 heteroatoms. The van der Waals surface area contributed by atoms with E-state index in [-0.39, 0.29) is 12.8 Å². The zero-order valence-corrected chi connectivity index (χ0v) is 9.72. The number of nitrogens with one attached hydrogen (secondary N) is 1. The number of carboxylic acids is 1. The Hall–Kier alpha value is -1.75. The molecule has 0 radical (unpaired) electrons. The molecule has 0 heterocycles. The fraction of sp³-hybridized carbons (Fsp3) is 0.417. The maximum atomic E-state index is 10.3. The van der Waals surface area contributed by atoms with E-state index in [9.17, 15) is 9.90 Å². The molecule has 1 rings (SSSR count). The average molecular weight is 239 g/mol. The number of aliphatic hydroxyl groups is 1. The van der Waals surface area contributed by atoms with E-state index in [2.05, 4.69) is 5.32 Å². The van der Waals surface area contributed by atoms with Gasteiger partial charge in [-0.3, -0.25) is 4.79 Å². The summed E-state index contributed by atoms with van der Waals surface area (Å²) in [6, 6.07) is 7.30. The molecule has 0 aliphatic rings. The molecule has 1 aromatic rings. The second-order valence-corrected chi connectivity index (χ2v) is 3.70. The Morgan fingerprint density at radius 2 is 2.06 bits per heavy atom. The van der Waals surface area contributed by atoms with Gasteiger partial charge >= 0.3 is 5.97 Å². The molecule has 1 atom stereocenters. The van der Waals surface area contributed by atoms with Crippen LogP contribution < -0.4 is 10.1 Å². The Kier molecular flexibility index (Phi) is 5.29. The molecule has 1 unspecified atom stereocenters. The highest BCUT2D eigenvalue weighted by Gasteiger charge is 2.06. The molecule has 0 saturated carbocycles. The van der Waals surface area contributed by atoms with Gasteiger partial charge in [-0.2, -0.15) is 0 Å². The lowest BCUT2D eigenvalue weighted by Crippen LogP contribution is -2.20. The van der Waals surface area contributed by atoms with Gasteiger partial charge in [0.25, 0.3) is 0 Å². The van der Waals surface area contributed by atoms with Gasteiger partial charge in [0.15, 0.2) is 0 Å². The van der Waals surface area contributed by atoms with Gasteiger partial charge in [0.2, 0.25) is 0 Å². The minimum atomic E-state index is -0.895. The topological polar surface area (TPSA) is 78.8 Å². The normalized spacial score (nSPS) is 11.9. The van der Waals surface area contributed by atoms with Crippen LogP contribution in [0.1, 0.15) is 12.8 Å². The highest BCUT2D eigenvalue weighted by Crippen LogP contribution is 2.15. The first-order chi connectivity index (χ1) is 8.11. The summed E-state index contributed by atoms with van der Waals surface area (Å²) in [5, 5.41) is 21.0. The predicted octanol–water partition coefficient (Wildman–Crippen LogP) is 1.33. The summed E-state index contributed by atoms with van der Waals surface area (Å²) >= 11 is 0. The monoisotopic (exact) mass is 239 g/mol. The van der Waals surface area contributed by atoms with E-state index in [0.29, 0.717) is 6.54 Å². The van der Waals surface area contributed by atoms with Gasteiger partial charge in [0.05, 0.1) is 13.2 Å². The van der Waals surface area contributed by atoms with E-state index in [1.54, 1.807) is 7.11 Å². The molecule has 0 aliphatic heterocycles. The molecule has 0 aliphatic carbocycles. The number of anilines is 1. The van der Waals surface area contributed by atoms with E-state index >= 15 is 0 Å². The van der Waals surface area contributed by atoms with Crippen LogP contribution in [0.3, 0.4) is 0 Å². The molecular formula is C12H17NO4. The van der Waals surface area contributed by atoms with E-state index in [1.165, 1.54) is 0 Å². The zero-order valence-electron chi connectivity index (χ0n) is 9.72. The van der Waals surface area contributed by atoms with Crippen molar-refractivity contribution in [3.63, 3.8) is 0 Å². The van der Waals surface area contributed by atoms with Crippen LogP contribution in [0.5, 0.6) is 5.75 Å². The number of aliphatic carboxylic acids is 1. The molecule has 0 saturated heterocycles. The molecular weight excluding hydrogens is 222 g/mol. The number of hydrogen-bond donors (Lipinski definition) is 3. The maximum Gasteiger partial charge on any atom is 0.303 e. The molecule has 0 amide bonds. The van der Waals surface area contributed by atoms with Gasteiger partial charge in [-0.1, -0.05) is 0 Å². The lowest BCUT2D eigenvalue weighted by atomic mass is 10.2. The van der Waals surface area contributed by atoms with Crippen molar-refractivity contribution in [2.75, 3.05) is 19.0 Å². The van der Waals surface area contributed by atoms with E-state index < -0.39 is 12.1 Å². The van der Waals surface area contributed by atoms with Crippen molar-refractivity contribution < 1.29 is 19.7 Å². The van der Waals surface area contributed by atoms with Crippen LogP contribution in [0.4, 0.5) is 5.69 Å². The predicted molar refractivity (Wildman–Crippen MR) is 64.4 cm³/mol. The Morgan fingerprint density at radius 1 is 1.41 bits per heavy atom. The van der Waals surface area contributed by atoms with Crippen LogP contribution >= 0.6 is 0 Å². The van der Waals surface area contributed by atoms with Gasteiger partial charge in [0, 0.05) is 18.7 Å². The molecule has 3 N–H and O–H groups in total. The number of aliphatic hydroxyl groups excluding tert-OH is 1. The van der Waals surface area contributed by atoms with Gasteiger partial charge < -0.3 is 20.3 Å². The molecule has 94 valence electrons. The number of ether oxygens (including phenoxy) is 1. The van der Waals surface area contributed by atoms with Crippen LogP contribution in [0.15, 0.2) is 24.3 Å². The maximum absolute atomic E-state index is 10.3. The van der Waals surface area contributed by atoms with Gasteiger partial charge in [-0.15, -0.1) is 0 Å². The summed E-state index contributed by atoms with van der Waals surface area (Å²) in [6.45, 7) is 0.333. The van der Waals surface area contributed by atoms with Crippen molar-refractivity contribution >= 4 is 11.7 Å². The SMILES string of the molecule is COc1ccc(NCC(O)CCC(=O)O)cc1. The van der Waals surface area contributed by atoms with E-state index in [4.69, 9.17) is 9.84 Å². The first-order valence-corrected chi connectivity index (χ1v) is 5.39.